The Morgan fingerprint density at radius 3 is 2.25 bits per heavy atom. The van der Waals surface area contributed by atoms with Crippen LogP contribution in [0.25, 0.3) is 0 Å². The zero-order valence-electron chi connectivity index (χ0n) is 8.23. The van der Waals surface area contributed by atoms with Gasteiger partial charge >= 0.3 is 78.1 Å². The van der Waals surface area contributed by atoms with Crippen LogP contribution in [0, 0.1) is 0 Å². The molecule has 0 aliphatic carbocycles. The molecule has 0 aliphatic heterocycles. The second kappa shape index (κ2) is 4.73. The Morgan fingerprint density at radius 2 is 2.00 bits per heavy atom. The maximum atomic E-state index is 11.3. The summed E-state index contributed by atoms with van der Waals surface area (Å²) in [6.07, 6.45) is 0. The van der Waals surface area contributed by atoms with Gasteiger partial charge in [0.1, 0.15) is 0 Å². The fraction of sp³-hybridized carbons (Fsp3) is 0.556. The van der Waals surface area contributed by atoms with Crippen molar-refractivity contribution in [3.63, 3.8) is 0 Å². The molecular formula is C9H16O2Sn. The van der Waals surface area contributed by atoms with E-state index in [1.54, 1.807) is 6.92 Å². The summed E-state index contributed by atoms with van der Waals surface area (Å²) in [5.41, 5.74) is 2.71. The number of carbonyl (C=O) groups is 1. The van der Waals surface area contributed by atoms with Crippen molar-refractivity contribution < 1.29 is 9.53 Å². The summed E-state index contributed by atoms with van der Waals surface area (Å²) >= 11 is -2.32. The Balaban J connectivity index is 4.61. The molecule has 0 atom stereocenters. The van der Waals surface area contributed by atoms with E-state index in [-0.39, 0.29) is 5.97 Å². The summed E-state index contributed by atoms with van der Waals surface area (Å²) in [5, 5.41) is 0. The van der Waals surface area contributed by atoms with Gasteiger partial charge in [0.25, 0.3) is 0 Å². The van der Waals surface area contributed by atoms with Crippen LogP contribution in [0.1, 0.15) is 6.92 Å². The predicted molar refractivity (Wildman–Crippen MR) is 52.6 cm³/mol. The molecular weight excluding hydrogens is 259 g/mol. The first kappa shape index (κ1) is 11.8. The van der Waals surface area contributed by atoms with Crippen LogP contribution in [-0.4, -0.2) is 31.0 Å². The third-order valence-electron chi connectivity index (χ3n) is 1.41. The van der Waals surface area contributed by atoms with Crippen LogP contribution in [-0.2, 0) is 9.53 Å². The number of hydrogen-bond donors (Lipinski definition) is 0. The monoisotopic (exact) mass is 276 g/mol. The molecule has 0 bridgehead atoms. The number of rotatable bonds is 3. The predicted octanol–water partition coefficient (Wildman–Crippen LogP) is 2.14. The number of esters is 1. The second-order valence-corrected chi connectivity index (χ2v) is 17.8. The van der Waals surface area contributed by atoms with Gasteiger partial charge in [0.2, 0.25) is 0 Å². The number of ether oxygens (including phenoxy) is 1. The fourth-order valence-corrected chi connectivity index (χ4v) is 4.31. The van der Waals surface area contributed by atoms with E-state index in [0.717, 1.165) is 0 Å². The van der Waals surface area contributed by atoms with Gasteiger partial charge in [-0.25, -0.2) is 0 Å². The van der Waals surface area contributed by atoms with Gasteiger partial charge in [0.05, 0.1) is 0 Å². The average molecular weight is 275 g/mol. The summed E-state index contributed by atoms with van der Waals surface area (Å²) in [4.78, 5) is 17.7. The molecule has 0 rings (SSSR count). The molecule has 0 fully saturated rings. The van der Waals surface area contributed by atoms with Gasteiger partial charge in [0, 0.05) is 0 Å². The van der Waals surface area contributed by atoms with Gasteiger partial charge in [-0.05, 0) is 0 Å². The van der Waals surface area contributed by atoms with E-state index in [0.29, 0.717) is 10.2 Å². The topological polar surface area (TPSA) is 26.3 Å². The first-order valence-electron chi connectivity index (χ1n) is 4.01. The first-order chi connectivity index (χ1) is 5.43. The molecule has 2 nitrogen and oxygen atoms in total. The van der Waals surface area contributed by atoms with Crippen LogP contribution in [0.2, 0.25) is 14.8 Å². The van der Waals surface area contributed by atoms with Crippen LogP contribution in [0.3, 0.4) is 0 Å². The van der Waals surface area contributed by atoms with Crippen molar-refractivity contribution >= 4 is 24.3 Å². The van der Waals surface area contributed by atoms with E-state index >= 15 is 0 Å². The Bertz CT molecular complexity index is 219. The molecule has 0 aliphatic rings. The molecule has 0 saturated carbocycles. The van der Waals surface area contributed by atoms with Crippen molar-refractivity contribution in [2.75, 3.05) is 6.61 Å². The average Bonchev–Trinajstić information content (AvgIpc) is 1.85. The van der Waals surface area contributed by atoms with Crippen LogP contribution >= 0.6 is 0 Å². The molecule has 0 N–H and O–H groups in total. The minimum absolute atomic E-state index is 0.226. The third kappa shape index (κ3) is 3.46. The molecule has 0 saturated heterocycles. The standard InChI is InChI=1S/C6H7O2.3CH3.Sn/c1-3-5-6(7)8-4-2;;;;/h1,4H2,2H3;3*1H3;. The molecule has 68 valence electrons. The summed E-state index contributed by atoms with van der Waals surface area (Å²) in [6, 6.07) is 0. The second-order valence-electron chi connectivity index (χ2n) is 3.52. The van der Waals surface area contributed by atoms with E-state index in [1.165, 1.54) is 0 Å². The molecule has 12 heavy (non-hydrogen) atoms. The summed E-state index contributed by atoms with van der Waals surface area (Å²) in [5.74, 6) is -0.226. The third-order valence-corrected chi connectivity index (χ3v) is 6.77. The summed E-state index contributed by atoms with van der Waals surface area (Å²) in [6.45, 7) is 5.75. The van der Waals surface area contributed by atoms with Gasteiger partial charge in [-0.2, -0.15) is 0 Å². The van der Waals surface area contributed by atoms with E-state index in [1.807, 2.05) is 0 Å². The molecule has 0 spiro atoms. The molecule has 0 aromatic heterocycles. The molecule has 0 amide bonds. The van der Waals surface area contributed by atoms with Crippen molar-refractivity contribution in [3.8, 4) is 0 Å². The molecule has 0 radical (unpaired) electrons. The van der Waals surface area contributed by atoms with Gasteiger partial charge in [-0.15, -0.1) is 0 Å². The molecule has 0 aromatic carbocycles. The van der Waals surface area contributed by atoms with Crippen molar-refractivity contribution in [2.45, 2.75) is 21.7 Å². The van der Waals surface area contributed by atoms with Crippen molar-refractivity contribution in [3.05, 3.63) is 15.9 Å². The fourth-order valence-electron chi connectivity index (χ4n) is 0.847. The van der Waals surface area contributed by atoms with Crippen molar-refractivity contribution in [1.82, 2.24) is 0 Å². The quantitative estimate of drug-likeness (QED) is 0.341. The molecule has 0 aromatic rings. The molecule has 3 heteroatoms. The number of carbonyl (C=O) groups excluding carboxylic acids is 1. The maximum absolute atomic E-state index is 11.3. The Hall–Kier alpha value is -0.211. The van der Waals surface area contributed by atoms with Gasteiger partial charge < -0.3 is 0 Å². The van der Waals surface area contributed by atoms with Gasteiger partial charge in [0.15, 0.2) is 0 Å². The molecule has 0 heterocycles. The van der Waals surface area contributed by atoms with Crippen LogP contribution in [0.15, 0.2) is 15.9 Å². The van der Waals surface area contributed by atoms with Gasteiger partial charge in [-0.3, -0.25) is 0 Å². The Kier molecular flexibility index (Phi) is 4.64. The minimum atomic E-state index is -2.32. The first-order valence-corrected chi connectivity index (χ1v) is 14.0. The zero-order valence-corrected chi connectivity index (χ0v) is 11.1. The van der Waals surface area contributed by atoms with Crippen LogP contribution in [0.5, 0.6) is 0 Å². The van der Waals surface area contributed by atoms with Crippen LogP contribution < -0.4 is 0 Å². The molecule has 0 unspecified atom stereocenters. The number of hydrogen-bond acceptors (Lipinski definition) is 2. The Labute approximate surface area is 78.2 Å². The zero-order chi connectivity index (χ0) is 9.78. The van der Waals surface area contributed by atoms with Crippen LogP contribution in [0.4, 0.5) is 0 Å². The summed E-state index contributed by atoms with van der Waals surface area (Å²) in [7, 11) is 0. The SMILES string of the molecule is C=C=[C](C(=O)OCC)[Sn]([CH3])([CH3])[CH3]. The van der Waals surface area contributed by atoms with E-state index < -0.39 is 18.4 Å². The van der Waals surface area contributed by atoms with E-state index in [4.69, 9.17) is 4.74 Å². The Morgan fingerprint density at radius 1 is 1.50 bits per heavy atom. The normalized spacial score (nSPS) is 10.3. The van der Waals surface area contributed by atoms with E-state index in [2.05, 4.69) is 27.1 Å². The van der Waals surface area contributed by atoms with Crippen molar-refractivity contribution in [1.29, 1.82) is 0 Å². The van der Waals surface area contributed by atoms with E-state index in [9.17, 15) is 4.79 Å². The van der Waals surface area contributed by atoms with Crippen molar-refractivity contribution in [2.24, 2.45) is 0 Å². The summed E-state index contributed by atoms with van der Waals surface area (Å²) < 4.78 is 5.61. The van der Waals surface area contributed by atoms with Gasteiger partial charge in [-0.1, -0.05) is 0 Å².